The van der Waals surface area contributed by atoms with Crippen molar-refractivity contribution in [2.45, 2.75) is 341 Å². The lowest BCUT2D eigenvalue weighted by atomic mass is 9.60. The van der Waals surface area contributed by atoms with Crippen LogP contribution in [0, 0.1) is 167 Å². The van der Waals surface area contributed by atoms with E-state index in [4.69, 9.17) is 56.8 Å². The lowest BCUT2D eigenvalue weighted by Crippen LogP contribution is -2.46. The molecule has 0 radical (unpaired) electrons. The maximum atomic E-state index is 12.6. The molecule has 14 saturated carbocycles. The van der Waals surface area contributed by atoms with Crippen LogP contribution in [0.25, 0.3) is 0 Å². The number of carbonyl (C=O) groups is 12. The molecule has 24 nitrogen and oxygen atoms in total. The molecule has 0 amide bonds. The van der Waals surface area contributed by atoms with Crippen LogP contribution in [-0.4, -0.2) is 148 Å². The van der Waals surface area contributed by atoms with Gasteiger partial charge in [0.15, 0.2) is 0 Å². The largest absolute Gasteiger partial charge is 0.465 e. The SMILES string of the molecule is CCC(C)(C)C(=O)OC1CC2CC1C1(CCOC1=O)C2.CCC(C)(C)C(=O)OC1CC2CC1C1(COC(=O)C1)C2.CCC(C)(C)C(=O)OC1CC2CC1C1C2C2CC1C1(CCOC1=O)C2.CCC(C)(C)C(=O)OC1CC2CC1CC21CCOC1=O.CCC(C)(C)C(=O)OC1CC2CC1CC21COC(=O)C1.CCC(C)C(=O)OC1CC2CC1C1C(=O)OCC21. The molecule has 20 aliphatic rings. The first-order valence-electron chi connectivity index (χ1n) is 48.2. The molecule has 123 heavy (non-hydrogen) atoms. The first kappa shape index (κ1) is 91.4. The van der Waals surface area contributed by atoms with Crippen LogP contribution in [0.15, 0.2) is 0 Å². The van der Waals surface area contributed by atoms with Crippen LogP contribution < -0.4 is 0 Å². The third-order valence-corrected chi connectivity index (χ3v) is 37.4. The average Bonchev–Trinajstić information content (AvgIpc) is 1.42. The molecule has 30 atom stereocenters. The lowest BCUT2D eigenvalue weighted by Gasteiger charge is -2.44. The standard InChI is InChI=1S/C21H30O4.4C16H24O4.C14H20O4/c1-4-20(2,3)18(22)25-15-9-11-7-13(15)17-14-8-12(16(11)17)10-21(14)5-6-24-19(21)23;1-4-15(2,3)14(18)20-12-6-11-5-10(12)7-16(11)8-13(17)19-9-16;1-4-15(2,3)14(18)20-12-6-10-5-11(12)16(7-10)8-13(17)19-9-16;1-4-15(2,3)13(17)20-12-8-11-7-10(12)9-16(11)5-6-19-14(16)18;1-4-15(2,3)13(17)20-12-8-10-7-11(12)16(9-10)5-6-19-14(16)18;1-3-7(2)13(15)18-11-5-8-4-9(11)12-10(8)6-17-14(12)16/h11-17H,4-10H2,1-3H3;4*10-12H,4-9H2,1-3H3;7-12H,3-6H2,1-2H3. The Kier molecular flexibility index (Phi) is 25.2. The number of hydrogen-bond donors (Lipinski definition) is 0. The Labute approximate surface area is 729 Å². The number of esters is 12. The summed E-state index contributed by atoms with van der Waals surface area (Å²) in [7, 11) is 0. The molecule has 686 valence electrons. The third kappa shape index (κ3) is 16.4. The van der Waals surface area contributed by atoms with Crippen LogP contribution in [0.5, 0.6) is 0 Å². The fourth-order valence-corrected chi connectivity index (χ4v) is 27.8. The molecule has 6 aliphatic heterocycles. The van der Waals surface area contributed by atoms with E-state index in [1.807, 2.05) is 118 Å². The van der Waals surface area contributed by atoms with Crippen molar-refractivity contribution in [2.75, 3.05) is 39.6 Å². The third-order valence-electron chi connectivity index (χ3n) is 37.4. The minimum Gasteiger partial charge on any atom is -0.465 e. The molecule has 0 aromatic rings. The number of cyclic esters (lactones) is 6. The zero-order valence-corrected chi connectivity index (χ0v) is 77.0. The predicted octanol–water partition coefficient (Wildman–Crippen LogP) is 16.1. The fraction of sp³-hybridized carbons (Fsp3) is 0.879. The molecule has 6 heterocycles. The van der Waals surface area contributed by atoms with Gasteiger partial charge in [-0.3, -0.25) is 57.5 Å². The van der Waals surface area contributed by atoms with Gasteiger partial charge >= 0.3 is 71.6 Å². The molecule has 0 aromatic carbocycles. The Morgan fingerprint density at radius 1 is 0.366 bits per heavy atom. The second kappa shape index (κ2) is 33.9. The molecule has 6 saturated heterocycles. The first-order valence-corrected chi connectivity index (χ1v) is 48.2. The molecule has 20 rings (SSSR count). The number of hydrogen-bond acceptors (Lipinski definition) is 24. The second-order valence-electron chi connectivity index (χ2n) is 45.8. The van der Waals surface area contributed by atoms with Gasteiger partial charge in [-0.2, -0.15) is 0 Å². The van der Waals surface area contributed by atoms with Gasteiger partial charge in [0.1, 0.15) is 36.6 Å². The highest BCUT2D eigenvalue weighted by atomic mass is 16.6. The van der Waals surface area contributed by atoms with Crippen LogP contribution in [0.3, 0.4) is 0 Å². The summed E-state index contributed by atoms with van der Waals surface area (Å²) in [6, 6.07) is 0. The highest BCUT2D eigenvalue weighted by Crippen LogP contribution is 2.74. The van der Waals surface area contributed by atoms with Crippen molar-refractivity contribution in [1.29, 1.82) is 0 Å². The van der Waals surface area contributed by atoms with E-state index >= 15 is 0 Å². The summed E-state index contributed by atoms with van der Waals surface area (Å²) in [6.45, 7) is 36.7. The van der Waals surface area contributed by atoms with Crippen LogP contribution >= 0.6 is 0 Å². The van der Waals surface area contributed by atoms with E-state index in [1.165, 1.54) is 12.8 Å². The van der Waals surface area contributed by atoms with E-state index in [9.17, 15) is 57.5 Å². The molecule has 14 aliphatic carbocycles. The van der Waals surface area contributed by atoms with E-state index in [1.54, 1.807) is 0 Å². The summed E-state index contributed by atoms with van der Waals surface area (Å²) in [5.74, 6) is 7.27. The van der Waals surface area contributed by atoms with Gasteiger partial charge in [0.2, 0.25) is 0 Å². The number of carbonyl (C=O) groups excluding carboxylic acids is 12. The first-order chi connectivity index (χ1) is 58.0. The van der Waals surface area contributed by atoms with Crippen molar-refractivity contribution < 1.29 is 114 Å². The van der Waals surface area contributed by atoms with Gasteiger partial charge in [-0.05, 0) is 320 Å². The van der Waals surface area contributed by atoms with Crippen molar-refractivity contribution in [3.8, 4) is 0 Å². The minimum atomic E-state index is -0.439. The molecule has 30 unspecified atom stereocenters. The van der Waals surface area contributed by atoms with Crippen molar-refractivity contribution in [1.82, 2.24) is 0 Å². The molecule has 0 aromatic heterocycles. The number of ether oxygens (including phenoxy) is 12. The normalized spacial score (nSPS) is 41.9. The zero-order chi connectivity index (χ0) is 88.6. The van der Waals surface area contributed by atoms with E-state index in [-0.39, 0.29) is 159 Å². The molecular formula is C99H146O24. The van der Waals surface area contributed by atoms with Crippen molar-refractivity contribution >= 4 is 71.6 Å². The van der Waals surface area contributed by atoms with E-state index in [0.29, 0.717) is 135 Å². The number of fused-ring (bicyclic) bond motifs is 27. The Morgan fingerprint density at radius 3 is 1.25 bits per heavy atom. The van der Waals surface area contributed by atoms with E-state index in [2.05, 4.69) is 0 Å². The Morgan fingerprint density at radius 2 is 0.797 bits per heavy atom. The summed E-state index contributed by atoms with van der Waals surface area (Å²) in [4.78, 5) is 145. The van der Waals surface area contributed by atoms with Gasteiger partial charge in [0.25, 0.3) is 0 Å². The highest BCUT2D eigenvalue weighted by molar-refractivity contribution is 5.83. The Hall–Kier alpha value is -6.36. The molecular weight excluding hydrogens is 1570 g/mol. The van der Waals surface area contributed by atoms with Crippen LogP contribution in [-0.2, 0) is 114 Å². The zero-order valence-electron chi connectivity index (χ0n) is 77.0. The van der Waals surface area contributed by atoms with Crippen LogP contribution in [0.1, 0.15) is 304 Å². The van der Waals surface area contributed by atoms with Crippen LogP contribution in [0.2, 0.25) is 0 Å². The molecule has 0 N–H and O–H groups in total. The van der Waals surface area contributed by atoms with Gasteiger partial charge in [0.05, 0.1) is 108 Å². The van der Waals surface area contributed by atoms with E-state index in [0.717, 1.165) is 166 Å². The summed E-state index contributed by atoms with van der Waals surface area (Å²) in [5, 5.41) is 0. The average molecular weight is 1720 g/mol. The van der Waals surface area contributed by atoms with Crippen molar-refractivity contribution in [3.63, 3.8) is 0 Å². The Bertz CT molecular complexity index is 4080. The molecule has 5 spiro atoms. The molecule has 24 heteroatoms. The van der Waals surface area contributed by atoms with Gasteiger partial charge in [-0.15, -0.1) is 0 Å². The van der Waals surface area contributed by atoms with Crippen LogP contribution in [0.4, 0.5) is 0 Å². The van der Waals surface area contributed by atoms with Gasteiger partial charge in [-0.25, -0.2) is 0 Å². The molecule has 20 fully saturated rings. The topological polar surface area (TPSA) is 316 Å². The summed E-state index contributed by atoms with van der Waals surface area (Å²) >= 11 is 0. The van der Waals surface area contributed by atoms with Gasteiger partial charge in [0, 0.05) is 34.5 Å². The Balaban J connectivity index is 0.000000115. The number of rotatable bonds is 18. The van der Waals surface area contributed by atoms with Gasteiger partial charge in [-0.1, -0.05) is 48.5 Å². The fourth-order valence-electron chi connectivity index (χ4n) is 27.8. The maximum absolute atomic E-state index is 12.6. The minimum absolute atomic E-state index is 0.00140. The van der Waals surface area contributed by atoms with Gasteiger partial charge < -0.3 is 56.8 Å². The second-order valence-corrected chi connectivity index (χ2v) is 45.8. The summed E-state index contributed by atoms with van der Waals surface area (Å²) < 4.78 is 66.1. The predicted molar refractivity (Wildman–Crippen MR) is 446 cm³/mol. The monoisotopic (exact) mass is 1720 g/mol. The van der Waals surface area contributed by atoms with E-state index < -0.39 is 27.1 Å². The maximum Gasteiger partial charge on any atom is 0.312 e. The van der Waals surface area contributed by atoms with Crippen molar-refractivity contribution in [3.05, 3.63) is 0 Å². The lowest BCUT2D eigenvalue weighted by molar-refractivity contribution is -0.169. The van der Waals surface area contributed by atoms with Crippen molar-refractivity contribution in [2.24, 2.45) is 167 Å². The summed E-state index contributed by atoms with van der Waals surface area (Å²) in [5.41, 5.74) is -2.82. The highest BCUT2D eigenvalue weighted by Gasteiger charge is 2.73. The molecule has 14 bridgehead atoms. The summed E-state index contributed by atoms with van der Waals surface area (Å²) in [6.07, 6.45) is 26.5. The smallest absolute Gasteiger partial charge is 0.312 e. The quantitative estimate of drug-likeness (QED) is 0.0699.